The highest BCUT2D eigenvalue weighted by Crippen LogP contribution is 2.48. The van der Waals surface area contributed by atoms with E-state index in [-0.39, 0.29) is 28.6 Å². The number of nitrogens with one attached hydrogen (secondary N) is 2. The first-order valence-electron chi connectivity index (χ1n) is 10.3. The molecule has 170 valence electrons. The topological polar surface area (TPSA) is 87.7 Å². The number of para-hydroxylation sites is 1. The Labute approximate surface area is 187 Å². The molecule has 0 spiro atoms. The molecule has 2 aromatic carbocycles. The zero-order chi connectivity index (χ0) is 23.3. The summed E-state index contributed by atoms with van der Waals surface area (Å²) in [6.07, 6.45) is 0.439. The molecule has 4 rings (SSSR count). The van der Waals surface area contributed by atoms with Crippen molar-refractivity contribution < 1.29 is 22.7 Å². The van der Waals surface area contributed by atoms with Gasteiger partial charge in [-0.3, -0.25) is 0 Å². The summed E-state index contributed by atoms with van der Waals surface area (Å²) in [4.78, 5) is 0.0990. The Morgan fingerprint density at radius 2 is 2.06 bits per heavy atom. The molecule has 2 aliphatic rings. The zero-order valence-electron chi connectivity index (χ0n) is 18.3. The molecule has 2 heterocycles. The number of fused-ring (bicyclic) bond motifs is 1. The summed E-state index contributed by atoms with van der Waals surface area (Å²) in [5, 5.41) is 16.7. The van der Waals surface area contributed by atoms with Gasteiger partial charge in [-0.25, -0.2) is 12.8 Å². The molecule has 0 aromatic heterocycles. The van der Waals surface area contributed by atoms with Crippen molar-refractivity contribution in [1.29, 1.82) is 0 Å². The minimum Gasteiger partial charge on any atom is -0.506 e. The highest BCUT2D eigenvalue weighted by molar-refractivity contribution is 7.95. The third-order valence-electron chi connectivity index (χ3n) is 5.52. The molecule has 1 atom stereocenters. The summed E-state index contributed by atoms with van der Waals surface area (Å²) in [6.45, 7) is 9.59. The Kier molecular flexibility index (Phi) is 5.45. The van der Waals surface area contributed by atoms with Crippen molar-refractivity contribution in [2.75, 3.05) is 23.0 Å². The van der Waals surface area contributed by atoms with Gasteiger partial charge in [0.2, 0.25) is 0 Å². The summed E-state index contributed by atoms with van der Waals surface area (Å²) in [7, 11) is -3.73. The number of halogens is 1. The Morgan fingerprint density at radius 3 is 2.75 bits per heavy atom. The van der Waals surface area contributed by atoms with E-state index in [1.807, 2.05) is 20.8 Å². The van der Waals surface area contributed by atoms with E-state index in [9.17, 15) is 13.5 Å². The lowest BCUT2D eigenvalue weighted by Gasteiger charge is -2.34. The fourth-order valence-electron chi connectivity index (χ4n) is 4.28. The maximum atomic E-state index is 15.3. The number of aromatic hydroxyl groups is 1. The number of phenols is 1. The largest absolute Gasteiger partial charge is 0.506 e. The first kappa shape index (κ1) is 22.2. The van der Waals surface area contributed by atoms with Crippen molar-refractivity contribution in [3.63, 3.8) is 0 Å². The van der Waals surface area contributed by atoms with E-state index in [0.717, 1.165) is 5.57 Å². The third-order valence-corrected chi connectivity index (χ3v) is 7.83. The molecule has 2 aliphatic heterocycles. The molecule has 0 aliphatic carbocycles. The predicted molar refractivity (Wildman–Crippen MR) is 124 cm³/mol. The number of phenolic OH excluding ortho intramolecular Hbond substituents is 1. The summed E-state index contributed by atoms with van der Waals surface area (Å²) in [5.41, 5.74) is 1.79. The van der Waals surface area contributed by atoms with E-state index in [4.69, 9.17) is 4.74 Å². The van der Waals surface area contributed by atoms with Crippen molar-refractivity contribution in [2.24, 2.45) is 5.41 Å². The monoisotopic (exact) mass is 458 g/mol. The van der Waals surface area contributed by atoms with E-state index in [1.54, 1.807) is 18.2 Å². The smallest absolute Gasteiger partial charge is 0.179 e. The molecular weight excluding hydrogens is 431 g/mol. The molecule has 6 nitrogen and oxygen atoms in total. The van der Waals surface area contributed by atoms with Gasteiger partial charge in [-0.1, -0.05) is 26.5 Å². The van der Waals surface area contributed by atoms with Gasteiger partial charge in [0.15, 0.2) is 9.84 Å². The molecule has 2 aromatic rings. The van der Waals surface area contributed by atoms with Gasteiger partial charge in [-0.05, 0) is 48.6 Å². The molecule has 32 heavy (non-hydrogen) atoms. The fraction of sp³-hybridized carbons (Fsp3) is 0.333. The van der Waals surface area contributed by atoms with Crippen LogP contribution in [0.25, 0.3) is 0 Å². The Bertz CT molecular complexity index is 1230. The summed E-state index contributed by atoms with van der Waals surface area (Å²) < 4.78 is 47.6. The van der Waals surface area contributed by atoms with Gasteiger partial charge in [0.25, 0.3) is 0 Å². The molecule has 0 saturated carbocycles. The zero-order valence-corrected chi connectivity index (χ0v) is 19.1. The van der Waals surface area contributed by atoms with Crippen LogP contribution in [0, 0.1) is 11.2 Å². The van der Waals surface area contributed by atoms with Crippen LogP contribution in [0.4, 0.5) is 15.8 Å². The maximum absolute atomic E-state index is 15.3. The van der Waals surface area contributed by atoms with E-state index in [1.165, 1.54) is 18.2 Å². The number of ether oxygens (including phenoxy) is 1. The van der Waals surface area contributed by atoms with Crippen LogP contribution in [0.15, 0.2) is 59.2 Å². The SMILES string of the molecule is C=C(C)COc1ccc(C2Nc3cccc(O)c3NC3=C2S(=O)(=O)CC(C)(C)C3)c(F)c1. The van der Waals surface area contributed by atoms with E-state index < -0.39 is 27.1 Å². The lowest BCUT2D eigenvalue weighted by molar-refractivity contribution is 0.350. The van der Waals surface area contributed by atoms with E-state index in [2.05, 4.69) is 17.2 Å². The number of anilines is 2. The molecule has 3 N–H and O–H groups in total. The van der Waals surface area contributed by atoms with Crippen LogP contribution in [0.5, 0.6) is 11.5 Å². The highest BCUT2D eigenvalue weighted by Gasteiger charge is 2.43. The van der Waals surface area contributed by atoms with Gasteiger partial charge in [0.05, 0.1) is 22.4 Å². The lowest BCUT2D eigenvalue weighted by atomic mass is 9.88. The molecule has 0 saturated heterocycles. The summed E-state index contributed by atoms with van der Waals surface area (Å²) in [6, 6.07) is 8.32. The Morgan fingerprint density at radius 1 is 1.31 bits per heavy atom. The number of sulfone groups is 1. The fourth-order valence-corrected chi connectivity index (χ4v) is 6.61. The van der Waals surface area contributed by atoms with Crippen LogP contribution in [0.1, 0.15) is 38.8 Å². The Hall–Kier alpha value is -3.00. The third kappa shape index (κ3) is 4.19. The molecule has 0 amide bonds. The van der Waals surface area contributed by atoms with Crippen LogP contribution in [0.2, 0.25) is 0 Å². The van der Waals surface area contributed by atoms with Gasteiger partial charge in [-0.15, -0.1) is 0 Å². The van der Waals surface area contributed by atoms with Crippen molar-refractivity contribution in [3.8, 4) is 11.5 Å². The normalized spacial score (nSPS) is 20.8. The van der Waals surface area contributed by atoms with E-state index in [0.29, 0.717) is 29.2 Å². The standard InChI is InChI=1S/C24H27FN2O4S/c1-14(2)12-31-15-8-9-16(17(25)10-15)21-23-19(11-24(3,4)13-32(23,29)30)27-22-18(26-21)6-5-7-20(22)28/h5-10,21,26-28H,1,11-13H2,2-4H3. The van der Waals surface area contributed by atoms with Crippen LogP contribution in [-0.2, 0) is 9.84 Å². The molecule has 8 heteroatoms. The minimum atomic E-state index is -3.73. The first-order chi connectivity index (χ1) is 15.0. The van der Waals surface area contributed by atoms with Crippen LogP contribution >= 0.6 is 0 Å². The van der Waals surface area contributed by atoms with Gasteiger partial charge < -0.3 is 20.5 Å². The van der Waals surface area contributed by atoms with Crippen LogP contribution in [0.3, 0.4) is 0 Å². The average molecular weight is 459 g/mol. The molecule has 1 unspecified atom stereocenters. The second-order valence-electron chi connectivity index (χ2n) is 9.27. The summed E-state index contributed by atoms with van der Waals surface area (Å²) >= 11 is 0. The number of hydrogen-bond donors (Lipinski definition) is 3. The summed E-state index contributed by atoms with van der Waals surface area (Å²) in [5.74, 6) is -0.326. The van der Waals surface area contributed by atoms with Gasteiger partial charge in [-0.2, -0.15) is 0 Å². The van der Waals surface area contributed by atoms with Crippen LogP contribution < -0.4 is 15.4 Å². The second kappa shape index (κ2) is 7.85. The van der Waals surface area contributed by atoms with Gasteiger partial charge in [0.1, 0.15) is 29.6 Å². The van der Waals surface area contributed by atoms with Crippen molar-refractivity contribution in [1.82, 2.24) is 0 Å². The van der Waals surface area contributed by atoms with Crippen LogP contribution in [-0.4, -0.2) is 25.9 Å². The minimum absolute atomic E-state index is 0.0210. The quantitative estimate of drug-likeness (QED) is 0.435. The predicted octanol–water partition coefficient (Wildman–Crippen LogP) is 5.12. The maximum Gasteiger partial charge on any atom is 0.179 e. The number of rotatable bonds is 4. The molecular formula is C24H27FN2O4S. The first-order valence-corrected chi connectivity index (χ1v) is 12.0. The average Bonchev–Trinajstić information content (AvgIpc) is 2.82. The second-order valence-corrected chi connectivity index (χ2v) is 11.2. The number of hydrogen-bond acceptors (Lipinski definition) is 6. The van der Waals surface area contributed by atoms with Gasteiger partial charge >= 0.3 is 0 Å². The van der Waals surface area contributed by atoms with Crippen molar-refractivity contribution in [2.45, 2.75) is 33.2 Å². The molecule has 0 fully saturated rings. The number of allylic oxidation sites excluding steroid dienone is 1. The van der Waals surface area contributed by atoms with Crippen molar-refractivity contribution in [3.05, 3.63) is 70.5 Å². The van der Waals surface area contributed by atoms with Gasteiger partial charge in [0, 0.05) is 17.3 Å². The highest BCUT2D eigenvalue weighted by atomic mass is 32.2. The van der Waals surface area contributed by atoms with E-state index >= 15 is 4.39 Å². The molecule has 0 bridgehead atoms. The number of benzene rings is 2. The lowest BCUT2D eigenvalue weighted by Crippen LogP contribution is -2.35. The van der Waals surface area contributed by atoms with Crippen molar-refractivity contribution >= 4 is 21.2 Å². The Balaban J connectivity index is 1.87. The molecule has 0 radical (unpaired) electrons.